The lowest BCUT2D eigenvalue weighted by Gasteiger charge is -2.15. The third kappa shape index (κ3) is 7.54. The predicted octanol–water partition coefficient (Wildman–Crippen LogP) is 4.42. The molecule has 0 radical (unpaired) electrons. The van der Waals surface area contributed by atoms with Gasteiger partial charge in [0, 0.05) is 0 Å². The highest BCUT2D eigenvalue weighted by Crippen LogP contribution is 2.31. The summed E-state index contributed by atoms with van der Waals surface area (Å²) in [5.41, 5.74) is 0.764. The first-order valence-electron chi connectivity index (χ1n) is 7.26. The molecule has 0 spiro atoms. The molecule has 2 atom stereocenters. The second-order valence-electron chi connectivity index (χ2n) is 4.83. The van der Waals surface area contributed by atoms with Crippen LogP contribution in [0.4, 0.5) is 4.20 Å². The number of halogens is 1. The lowest BCUT2D eigenvalue weighted by atomic mass is 9.99. The minimum absolute atomic E-state index is 0.0441. The molecule has 0 aliphatic carbocycles. The Morgan fingerprint density at radius 3 is 2.68 bits per heavy atom. The van der Waals surface area contributed by atoms with E-state index in [1.54, 1.807) is 24.3 Å². The SMILES string of the molecule is CCCCC(CCOSPF)C(=O)Oc1ccc(CO)cc1. The van der Waals surface area contributed by atoms with Gasteiger partial charge in [-0.05, 0) is 30.5 Å². The van der Waals surface area contributed by atoms with Crippen molar-refractivity contribution in [1.29, 1.82) is 0 Å². The summed E-state index contributed by atoms with van der Waals surface area (Å²) in [6, 6.07) is 6.75. The third-order valence-corrected chi connectivity index (χ3v) is 4.09. The predicted molar refractivity (Wildman–Crippen MR) is 88.6 cm³/mol. The maximum atomic E-state index is 12.2. The molecule has 1 rings (SSSR count). The van der Waals surface area contributed by atoms with Gasteiger partial charge in [-0.15, -0.1) is 0 Å². The van der Waals surface area contributed by atoms with Gasteiger partial charge in [0.2, 0.25) is 0 Å². The lowest BCUT2D eigenvalue weighted by Crippen LogP contribution is -2.22. The molecule has 22 heavy (non-hydrogen) atoms. The third-order valence-electron chi connectivity index (χ3n) is 3.20. The van der Waals surface area contributed by atoms with E-state index in [9.17, 15) is 8.99 Å². The summed E-state index contributed by atoms with van der Waals surface area (Å²) >= 11 is 0.779. The van der Waals surface area contributed by atoms with Crippen LogP contribution >= 0.6 is 19.8 Å². The van der Waals surface area contributed by atoms with Crippen molar-refractivity contribution in [3.63, 3.8) is 0 Å². The normalized spacial score (nSPS) is 12.7. The van der Waals surface area contributed by atoms with Gasteiger partial charge in [0.15, 0.2) is 8.09 Å². The molecule has 0 aliphatic heterocycles. The van der Waals surface area contributed by atoms with Crippen LogP contribution < -0.4 is 4.74 Å². The average Bonchev–Trinajstić information content (AvgIpc) is 2.54. The van der Waals surface area contributed by atoms with E-state index in [2.05, 4.69) is 6.92 Å². The number of aliphatic hydroxyl groups excluding tert-OH is 1. The molecule has 0 saturated carbocycles. The van der Waals surface area contributed by atoms with Crippen LogP contribution in [0.3, 0.4) is 0 Å². The summed E-state index contributed by atoms with van der Waals surface area (Å²) in [5.74, 6) is -0.0771. The van der Waals surface area contributed by atoms with Crippen molar-refractivity contribution in [3.05, 3.63) is 29.8 Å². The van der Waals surface area contributed by atoms with Crippen LogP contribution in [0.2, 0.25) is 0 Å². The molecule has 2 unspecified atom stereocenters. The van der Waals surface area contributed by atoms with Crippen LogP contribution in [0.15, 0.2) is 24.3 Å². The number of rotatable bonds is 11. The zero-order valence-electron chi connectivity index (χ0n) is 12.6. The Bertz CT molecular complexity index is 430. The van der Waals surface area contributed by atoms with Gasteiger partial charge >= 0.3 is 5.97 Å². The monoisotopic (exact) mass is 348 g/mol. The minimum Gasteiger partial charge on any atom is -0.426 e. The Labute approximate surface area is 136 Å². The first kappa shape index (κ1) is 19.4. The summed E-state index contributed by atoms with van der Waals surface area (Å²) < 4.78 is 22.4. The fourth-order valence-electron chi connectivity index (χ4n) is 1.95. The van der Waals surface area contributed by atoms with Crippen molar-refractivity contribution in [2.24, 2.45) is 5.92 Å². The van der Waals surface area contributed by atoms with Crippen LogP contribution in [0, 0.1) is 5.92 Å². The van der Waals surface area contributed by atoms with Crippen LogP contribution in [0.5, 0.6) is 5.75 Å². The topological polar surface area (TPSA) is 55.8 Å². The molecule has 0 heterocycles. The molecule has 0 fully saturated rings. The Balaban J connectivity index is 2.52. The summed E-state index contributed by atoms with van der Waals surface area (Å²) in [6.45, 7) is 2.35. The van der Waals surface area contributed by atoms with Gasteiger partial charge in [-0.2, -0.15) is 0 Å². The van der Waals surface area contributed by atoms with Crippen molar-refractivity contribution in [2.75, 3.05) is 6.61 Å². The number of carbonyl (C=O) groups is 1. The van der Waals surface area contributed by atoms with E-state index < -0.39 is 8.09 Å². The van der Waals surface area contributed by atoms with Crippen LogP contribution in [0.1, 0.15) is 38.2 Å². The van der Waals surface area contributed by atoms with Gasteiger partial charge in [-0.1, -0.05) is 31.9 Å². The fourth-order valence-corrected chi connectivity index (χ4v) is 2.55. The van der Waals surface area contributed by atoms with Crippen LogP contribution in [-0.2, 0) is 15.6 Å². The summed E-state index contributed by atoms with van der Waals surface area (Å²) in [7, 11) is -0.809. The molecule has 0 bridgehead atoms. The summed E-state index contributed by atoms with van der Waals surface area (Å²) in [5, 5.41) is 8.99. The zero-order chi connectivity index (χ0) is 16.2. The Morgan fingerprint density at radius 1 is 1.36 bits per heavy atom. The smallest absolute Gasteiger partial charge is 0.314 e. The van der Waals surface area contributed by atoms with Gasteiger partial charge in [0.1, 0.15) is 5.75 Å². The Morgan fingerprint density at radius 2 is 2.09 bits per heavy atom. The van der Waals surface area contributed by atoms with E-state index in [0.717, 1.165) is 36.5 Å². The minimum atomic E-state index is -0.809. The second kappa shape index (κ2) is 11.8. The lowest BCUT2D eigenvalue weighted by molar-refractivity contribution is -0.139. The highest BCUT2D eigenvalue weighted by molar-refractivity contribution is 8.45. The van der Waals surface area contributed by atoms with E-state index in [0.29, 0.717) is 18.8 Å². The van der Waals surface area contributed by atoms with Crippen molar-refractivity contribution in [3.8, 4) is 5.75 Å². The molecular formula is C15H22FO4PS. The van der Waals surface area contributed by atoms with E-state index in [-0.39, 0.29) is 18.5 Å². The van der Waals surface area contributed by atoms with Crippen molar-refractivity contribution in [2.45, 2.75) is 39.2 Å². The van der Waals surface area contributed by atoms with E-state index >= 15 is 0 Å². The van der Waals surface area contributed by atoms with Gasteiger partial charge < -0.3 is 14.0 Å². The number of unbranched alkanes of at least 4 members (excludes halogenated alkanes) is 1. The van der Waals surface area contributed by atoms with Crippen molar-refractivity contribution in [1.82, 2.24) is 0 Å². The average molecular weight is 348 g/mol. The summed E-state index contributed by atoms with van der Waals surface area (Å²) in [6.07, 6.45) is 3.18. The number of hydrogen-bond donors (Lipinski definition) is 1. The Kier molecular flexibility index (Phi) is 10.4. The van der Waals surface area contributed by atoms with Gasteiger partial charge in [-0.25, -0.2) is 4.20 Å². The first-order valence-corrected chi connectivity index (χ1v) is 9.61. The first-order chi connectivity index (χ1) is 10.7. The summed E-state index contributed by atoms with van der Waals surface area (Å²) in [4.78, 5) is 12.2. The molecule has 0 saturated heterocycles. The largest absolute Gasteiger partial charge is 0.426 e. The molecule has 0 amide bonds. The molecule has 1 aromatic rings. The van der Waals surface area contributed by atoms with Crippen LogP contribution in [-0.4, -0.2) is 17.7 Å². The highest BCUT2D eigenvalue weighted by atomic mass is 32.7. The molecule has 4 nitrogen and oxygen atoms in total. The molecule has 124 valence electrons. The van der Waals surface area contributed by atoms with Gasteiger partial charge in [0.25, 0.3) is 0 Å². The number of hydrogen-bond acceptors (Lipinski definition) is 5. The van der Waals surface area contributed by atoms with Crippen molar-refractivity contribution < 1.29 is 23.0 Å². The van der Waals surface area contributed by atoms with E-state index in [1.165, 1.54) is 0 Å². The number of aliphatic hydroxyl groups is 1. The number of esters is 1. The van der Waals surface area contributed by atoms with Crippen molar-refractivity contribution >= 4 is 25.7 Å². The molecular weight excluding hydrogens is 326 g/mol. The maximum Gasteiger partial charge on any atom is 0.314 e. The fraction of sp³-hybridized carbons (Fsp3) is 0.533. The molecule has 1 N–H and O–H groups in total. The molecule has 0 aromatic heterocycles. The zero-order valence-corrected chi connectivity index (χ0v) is 14.4. The molecule has 7 heteroatoms. The van der Waals surface area contributed by atoms with Gasteiger partial charge in [-0.3, -0.25) is 4.79 Å². The number of carbonyl (C=O) groups excluding carboxylic acids is 1. The molecule has 0 aliphatic rings. The van der Waals surface area contributed by atoms with E-state index in [1.807, 2.05) is 0 Å². The highest BCUT2D eigenvalue weighted by Gasteiger charge is 2.20. The van der Waals surface area contributed by atoms with Gasteiger partial charge in [0.05, 0.1) is 30.8 Å². The van der Waals surface area contributed by atoms with E-state index in [4.69, 9.17) is 14.0 Å². The standard InChI is InChI=1S/C15H22FO4PS/c1-2-3-4-13(9-10-19-22-21-16)15(18)20-14-7-5-12(11-17)6-8-14/h5-8,13,17,21H,2-4,9-11H2,1H3. The number of ether oxygens (including phenoxy) is 1. The Hall–Kier alpha value is -0.680. The second-order valence-corrected chi connectivity index (χ2v) is 6.35. The van der Waals surface area contributed by atoms with Crippen LogP contribution in [0.25, 0.3) is 0 Å². The maximum absolute atomic E-state index is 12.2. The molecule has 1 aromatic carbocycles. The number of benzene rings is 1. The quantitative estimate of drug-likeness (QED) is 0.211.